The standard InChI is InChI=1S/C21H29N3OS/c1-3-8-19(17-10-5-4-6-11-17)20(25)23-21-22-18(15-26-21)14-24-12-7-9-16(2)13-24/h4-6,10-11,15-16,19H,3,7-9,12-14H2,1-2H3,(H,22,23,25). The van der Waals surface area contributed by atoms with Gasteiger partial charge in [0.05, 0.1) is 11.6 Å². The number of benzene rings is 1. The molecule has 0 spiro atoms. The Bertz CT molecular complexity index is 700. The average molecular weight is 372 g/mol. The van der Waals surface area contributed by atoms with E-state index < -0.39 is 0 Å². The van der Waals surface area contributed by atoms with Gasteiger partial charge in [0, 0.05) is 18.5 Å². The number of anilines is 1. The van der Waals surface area contributed by atoms with Gasteiger partial charge in [0.25, 0.3) is 0 Å². The minimum atomic E-state index is -0.114. The molecule has 1 amide bonds. The quantitative estimate of drug-likeness (QED) is 0.753. The maximum Gasteiger partial charge on any atom is 0.233 e. The molecule has 0 aliphatic carbocycles. The highest BCUT2D eigenvalue weighted by atomic mass is 32.1. The number of amides is 1. The maximum atomic E-state index is 12.8. The summed E-state index contributed by atoms with van der Waals surface area (Å²) in [5.74, 6) is 0.698. The Morgan fingerprint density at radius 1 is 1.38 bits per heavy atom. The van der Waals surface area contributed by atoms with Crippen molar-refractivity contribution in [1.29, 1.82) is 0 Å². The third kappa shape index (κ3) is 5.15. The normalized spacial score (nSPS) is 19.2. The summed E-state index contributed by atoms with van der Waals surface area (Å²) >= 11 is 1.53. The lowest BCUT2D eigenvalue weighted by atomic mass is 9.94. The summed E-state index contributed by atoms with van der Waals surface area (Å²) in [4.78, 5) is 19.9. The van der Waals surface area contributed by atoms with E-state index in [1.54, 1.807) is 0 Å². The molecule has 2 heterocycles. The average Bonchev–Trinajstić information content (AvgIpc) is 3.07. The highest BCUT2D eigenvalue weighted by Gasteiger charge is 2.21. The SMILES string of the molecule is CCCC(C(=O)Nc1nc(CN2CCCC(C)C2)cs1)c1ccccc1. The number of carbonyl (C=O) groups excluding carboxylic acids is 1. The van der Waals surface area contributed by atoms with Gasteiger partial charge >= 0.3 is 0 Å². The van der Waals surface area contributed by atoms with E-state index in [4.69, 9.17) is 0 Å². The number of rotatable bonds is 7. The third-order valence-corrected chi connectivity index (χ3v) is 5.81. The summed E-state index contributed by atoms with van der Waals surface area (Å²) in [5, 5.41) is 5.83. The van der Waals surface area contributed by atoms with Crippen molar-refractivity contribution in [3.05, 3.63) is 47.0 Å². The fourth-order valence-corrected chi connectivity index (χ4v) is 4.42. The zero-order chi connectivity index (χ0) is 18.4. The number of hydrogen-bond donors (Lipinski definition) is 1. The van der Waals surface area contributed by atoms with Gasteiger partial charge in [-0.1, -0.05) is 50.6 Å². The third-order valence-electron chi connectivity index (χ3n) is 5.00. The van der Waals surface area contributed by atoms with Gasteiger partial charge in [-0.15, -0.1) is 11.3 Å². The first-order chi connectivity index (χ1) is 12.7. The Kier molecular flexibility index (Phi) is 6.80. The molecule has 26 heavy (non-hydrogen) atoms. The monoisotopic (exact) mass is 371 g/mol. The number of likely N-dealkylation sites (tertiary alicyclic amines) is 1. The molecule has 4 nitrogen and oxygen atoms in total. The zero-order valence-corrected chi connectivity index (χ0v) is 16.6. The van der Waals surface area contributed by atoms with Gasteiger partial charge in [-0.3, -0.25) is 9.69 Å². The molecule has 1 aromatic carbocycles. The molecule has 0 radical (unpaired) electrons. The van der Waals surface area contributed by atoms with Crippen LogP contribution < -0.4 is 5.32 Å². The van der Waals surface area contributed by atoms with Crippen LogP contribution in [0.4, 0.5) is 5.13 Å². The first-order valence-electron chi connectivity index (χ1n) is 9.68. The van der Waals surface area contributed by atoms with Crippen LogP contribution in [0, 0.1) is 5.92 Å². The fraction of sp³-hybridized carbons (Fsp3) is 0.524. The van der Waals surface area contributed by atoms with E-state index in [1.165, 1.54) is 24.2 Å². The molecular formula is C21H29N3OS. The van der Waals surface area contributed by atoms with Crippen LogP contribution in [0.1, 0.15) is 56.7 Å². The van der Waals surface area contributed by atoms with E-state index in [1.807, 2.05) is 30.3 Å². The van der Waals surface area contributed by atoms with Crippen molar-refractivity contribution in [2.45, 2.75) is 52.0 Å². The van der Waals surface area contributed by atoms with E-state index in [0.717, 1.165) is 49.7 Å². The van der Waals surface area contributed by atoms with Crippen LogP contribution in [0.3, 0.4) is 0 Å². The predicted octanol–water partition coefficient (Wildman–Crippen LogP) is 4.90. The number of thiazole rings is 1. The number of carbonyl (C=O) groups is 1. The topological polar surface area (TPSA) is 45.2 Å². The lowest BCUT2D eigenvalue weighted by Gasteiger charge is -2.30. The number of nitrogens with one attached hydrogen (secondary N) is 1. The van der Waals surface area contributed by atoms with Gasteiger partial charge in [0.2, 0.25) is 5.91 Å². The summed E-state index contributed by atoms with van der Waals surface area (Å²) in [6.45, 7) is 7.61. The summed E-state index contributed by atoms with van der Waals surface area (Å²) in [7, 11) is 0. The number of piperidine rings is 1. The van der Waals surface area contributed by atoms with Crippen LogP contribution in [0.2, 0.25) is 0 Å². The summed E-state index contributed by atoms with van der Waals surface area (Å²) < 4.78 is 0. The molecule has 0 bridgehead atoms. The van der Waals surface area contributed by atoms with Crippen molar-refractivity contribution in [3.8, 4) is 0 Å². The molecule has 140 valence electrons. The van der Waals surface area contributed by atoms with Crippen LogP contribution in [0.5, 0.6) is 0 Å². The molecule has 3 rings (SSSR count). The Morgan fingerprint density at radius 2 is 2.19 bits per heavy atom. The molecule has 2 atom stereocenters. The fourth-order valence-electron chi connectivity index (χ4n) is 3.71. The van der Waals surface area contributed by atoms with Gasteiger partial charge in [-0.05, 0) is 37.3 Å². The van der Waals surface area contributed by atoms with Crippen molar-refractivity contribution < 1.29 is 4.79 Å². The smallest absolute Gasteiger partial charge is 0.233 e. The van der Waals surface area contributed by atoms with Crippen LogP contribution in [0.25, 0.3) is 0 Å². The summed E-state index contributed by atoms with van der Waals surface area (Å²) in [6.07, 6.45) is 4.42. The van der Waals surface area contributed by atoms with Crippen LogP contribution in [-0.2, 0) is 11.3 Å². The molecule has 1 aliphatic heterocycles. The van der Waals surface area contributed by atoms with Crippen LogP contribution in [-0.4, -0.2) is 28.9 Å². The molecule has 1 aliphatic rings. The van der Waals surface area contributed by atoms with E-state index in [-0.39, 0.29) is 11.8 Å². The van der Waals surface area contributed by atoms with E-state index in [2.05, 4.69) is 34.4 Å². The Hall–Kier alpha value is -1.72. The van der Waals surface area contributed by atoms with Crippen molar-refractivity contribution in [1.82, 2.24) is 9.88 Å². The molecule has 5 heteroatoms. The first-order valence-corrected chi connectivity index (χ1v) is 10.6. The highest BCUT2D eigenvalue weighted by molar-refractivity contribution is 7.13. The van der Waals surface area contributed by atoms with E-state index in [0.29, 0.717) is 5.13 Å². The Labute approximate surface area is 160 Å². The lowest BCUT2D eigenvalue weighted by Crippen LogP contribution is -2.33. The predicted molar refractivity (Wildman–Crippen MR) is 109 cm³/mol. The lowest BCUT2D eigenvalue weighted by molar-refractivity contribution is -0.117. The van der Waals surface area contributed by atoms with Crippen molar-refractivity contribution in [2.24, 2.45) is 5.92 Å². The molecule has 0 saturated carbocycles. The molecule has 1 saturated heterocycles. The summed E-state index contributed by atoms with van der Waals surface area (Å²) in [5.41, 5.74) is 2.14. The van der Waals surface area contributed by atoms with Gasteiger partial charge in [0.1, 0.15) is 0 Å². The minimum absolute atomic E-state index is 0.0468. The Balaban J connectivity index is 1.61. The second-order valence-corrected chi connectivity index (χ2v) is 8.23. The second kappa shape index (κ2) is 9.28. The van der Waals surface area contributed by atoms with Gasteiger partial charge in [-0.25, -0.2) is 4.98 Å². The molecule has 1 aromatic heterocycles. The second-order valence-electron chi connectivity index (χ2n) is 7.37. The molecule has 2 unspecified atom stereocenters. The van der Waals surface area contributed by atoms with Gasteiger partial charge < -0.3 is 5.32 Å². The van der Waals surface area contributed by atoms with E-state index >= 15 is 0 Å². The van der Waals surface area contributed by atoms with Gasteiger partial charge in [-0.2, -0.15) is 0 Å². The molecule has 1 fully saturated rings. The largest absolute Gasteiger partial charge is 0.301 e. The van der Waals surface area contributed by atoms with Gasteiger partial charge in [0.15, 0.2) is 5.13 Å². The molecule has 1 N–H and O–H groups in total. The number of hydrogen-bond acceptors (Lipinski definition) is 4. The number of aromatic nitrogens is 1. The molecule has 2 aromatic rings. The maximum absolute atomic E-state index is 12.8. The van der Waals surface area contributed by atoms with Crippen molar-refractivity contribution in [3.63, 3.8) is 0 Å². The zero-order valence-electron chi connectivity index (χ0n) is 15.8. The van der Waals surface area contributed by atoms with Crippen molar-refractivity contribution >= 4 is 22.4 Å². The number of nitrogens with zero attached hydrogens (tertiary/aromatic N) is 2. The van der Waals surface area contributed by atoms with E-state index in [9.17, 15) is 4.79 Å². The van der Waals surface area contributed by atoms with Crippen LogP contribution >= 0.6 is 11.3 Å². The minimum Gasteiger partial charge on any atom is -0.301 e. The van der Waals surface area contributed by atoms with Crippen LogP contribution in [0.15, 0.2) is 35.7 Å². The first kappa shape index (κ1) is 19.1. The van der Waals surface area contributed by atoms with Crippen molar-refractivity contribution in [2.75, 3.05) is 18.4 Å². The Morgan fingerprint density at radius 3 is 2.92 bits per heavy atom. The summed E-state index contributed by atoms with van der Waals surface area (Å²) in [6, 6.07) is 10.0. The highest BCUT2D eigenvalue weighted by Crippen LogP contribution is 2.25. The molecular weight excluding hydrogens is 342 g/mol.